The lowest BCUT2D eigenvalue weighted by Gasteiger charge is -2.02. The zero-order chi connectivity index (χ0) is 8.55. The Morgan fingerprint density at radius 2 is 1.75 bits per heavy atom. The van der Waals surface area contributed by atoms with Gasteiger partial charge >= 0.3 is 0 Å². The van der Waals surface area contributed by atoms with Gasteiger partial charge in [0.25, 0.3) is 0 Å². The van der Waals surface area contributed by atoms with E-state index in [0.717, 1.165) is 15.5 Å². The lowest BCUT2D eigenvalue weighted by molar-refractivity contribution is 1.68. The highest BCUT2D eigenvalue weighted by molar-refractivity contribution is 9.10. The largest absolute Gasteiger partial charge is 0.398 e. The Balaban J connectivity index is 2.91. The summed E-state index contributed by atoms with van der Waals surface area (Å²) >= 11 is 3.46. The van der Waals surface area contributed by atoms with Crippen molar-refractivity contribution in [1.29, 1.82) is 0 Å². The van der Waals surface area contributed by atoms with Crippen molar-refractivity contribution in [2.24, 2.45) is 0 Å². The molecule has 0 aromatic heterocycles. The molecular weight excluding hydrogens is 214 g/mol. The Kier molecular flexibility index (Phi) is 1.77. The number of nitrogen functional groups attached to an aromatic ring is 1. The number of hydrogen-bond donors (Lipinski definition) is 1. The van der Waals surface area contributed by atoms with Crippen LogP contribution in [0, 0.1) is 0 Å². The summed E-state index contributed by atoms with van der Waals surface area (Å²) in [5.41, 5.74) is 6.52. The number of rotatable bonds is 0. The van der Waals surface area contributed by atoms with Crippen LogP contribution in [0.4, 0.5) is 5.69 Å². The molecule has 0 saturated heterocycles. The van der Waals surface area contributed by atoms with Gasteiger partial charge in [-0.1, -0.05) is 30.3 Å². The molecule has 2 heteroatoms. The summed E-state index contributed by atoms with van der Waals surface area (Å²) < 4.78 is 0.987. The molecule has 0 spiro atoms. The Morgan fingerprint density at radius 1 is 1.00 bits per heavy atom. The second-order valence-corrected chi connectivity index (χ2v) is 3.48. The van der Waals surface area contributed by atoms with Crippen LogP contribution < -0.4 is 5.73 Å². The quantitative estimate of drug-likeness (QED) is 0.680. The first-order valence-corrected chi connectivity index (χ1v) is 4.51. The van der Waals surface area contributed by atoms with E-state index in [0.29, 0.717) is 0 Å². The molecule has 0 aliphatic rings. The van der Waals surface area contributed by atoms with Gasteiger partial charge in [0, 0.05) is 10.2 Å². The van der Waals surface area contributed by atoms with Gasteiger partial charge in [-0.05, 0) is 32.8 Å². The predicted octanol–water partition coefficient (Wildman–Crippen LogP) is 3.18. The van der Waals surface area contributed by atoms with Crippen LogP contribution in [0.25, 0.3) is 10.8 Å². The van der Waals surface area contributed by atoms with Gasteiger partial charge in [0.05, 0.1) is 0 Å². The van der Waals surface area contributed by atoms with Crippen molar-refractivity contribution in [3.05, 3.63) is 40.9 Å². The van der Waals surface area contributed by atoms with E-state index >= 15 is 0 Å². The van der Waals surface area contributed by atoms with Crippen LogP contribution in [0.5, 0.6) is 0 Å². The van der Waals surface area contributed by atoms with Gasteiger partial charge < -0.3 is 5.73 Å². The average molecular weight is 222 g/mol. The minimum absolute atomic E-state index is 0.786. The van der Waals surface area contributed by atoms with Crippen LogP contribution in [0.3, 0.4) is 0 Å². The predicted molar refractivity (Wildman–Crippen MR) is 56.1 cm³/mol. The molecule has 0 aliphatic heterocycles. The van der Waals surface area contributed by atoms with Crippen molar-refractivity contribution in [3.63, 3.8) is 0 Å². The highest BCUT2D eigenvalue weighted by atomic mass is 79.9. The maximum atomic E-state index is 5.74. The van der Waals surface area contributed by atoms with Crippen molar-refractivity contribution in [2.75, 3.05) is 5.73 Å². The van der Waals surface area contributed by atoms with E-state index in [9.17, 15) is 0 Å². The van der Waals surface area contributed by atoms with Gasteiger partial charge in [-0.25, -0.2) is 0 Å². The third-order valence-corrected chi connectivity index (χ3v) is 2.78. The SMILES string of the molecule is Nc1ccc2ccccc2c1Br. The number of halogens is 1. The van der Waals surface area contributed by atoms with Gasteiger partial charge in [0.15, 0.2) is 0 Å². The molecule has 1 nitrogen and oxygen atoms in total. The second-order valence-electron chi connectivity index (χ2n) is 2.69. The number of anilines is 1. The summed E-state index contributed by atoms with van der Waals surface area (Å²) in [5.74, 6) is 0. The van der Waals surface area contributed by atoms with Gasteiger partial charge in [-0.3, -0.25) is 0 Å². The number of hydrogen-bond acceptors (Lipinski definition) is 1. The van der Waals surface area contributed by atoms with Crippen LogP contribution in [0.15, 0.2) is 40.9 Å². The molecule has 0 heterocycles. The first-order chi connectivity index (χ1) is 5.79. The standard InChI is InChI=1S/C10H8BrN/c11-10-8-4-2-1-3-7(8)5-6-9(10)12/h1-6H,12H2. The smallest absolute Gasteiger partial charge is 0.0483 e. The summed E-state index contributed by atoms with van der Waals surface area (Å²) in [7, 11) is 0. The Labute approximate surface area is 79.3 Å². The fourth-order valence-electron chi connectivity index (χ4n) is 1.25. The maximum Gasteiger partial charge on any atom is 0.0483 e. The fraction of sp³-hybridized carbons (Fsp3) is 0. The minimum Gasteiger partial charge on any atom is -0.398 e. The molecule has 0 aliphatic carbocycles. The molecule has 60 valence electrons. The van der Waals surface area contributed by atoms with Crippen LogP contribution in [-0.4, -0.2) is 0 Å². The summed E-state index contributed by atoms with van der Waals surface area (Å²) in [6.07, 6.45) is 0. The average Bonchev–Trinajstić information content (AvgIpc) is 2.12. The monoisotopic (exact) mass is 221 g/mol. The first kappa shape index (κ1) is 7.62. The van der Waals surface area contributed by atoms with E-state index in [4.69, 9.17) is 5.73 Å². The van der Waals surface area contributed by atoms with Crippen molar-refractivity contribution in [1.82, 2.24) is 0 Å². The Hall–Kier alpha value is -1.02. The van der Waals surface area contributed by atoms with Gasteiger partial charge in [0.2, 0.25) is 0 Å². The Bertz CT molecular complexity index is 423. The maximum absolute atomic E-state index is 5.74. The summed E-state index contributed by atoms with van der Waals surface area (Å²) in [6.45, 7) is 0. The number of nitrogens with two attached hydrogens (primary N) is 1. The molecule has 0 saturated carbocycles. The van der Waals surface area contributed by atoms with Crippen LogP contribution in [0.2, 0.25) is 0 Å². The molecule has 2 rings (SSSR count). The van der Waals surface area contributed by atoms with E-state index in [1.54, 1.807) is 0 Å². The van der Waals surface area contributed by atoms with E-state index in [1.807, 2.05) is 24.3 Å². The highest BCUT2D eigenvalue weighted by Crippen LogP contribution is 2.28. The molecule has 0 unspecified atom stereocenters. The molecule has 0 amide bonds. The van der Waals surface area contributed by atoms with Gasteiger partial charge in [-0.15, -0.1) is 0 Å². The van der Waals surface area contributed by atoms with Crippen molar-refractivity contribution >= 4 is 32.4 Å². The molecule has 0 radical (unpaired) electrons. The topological polar surface area (TPSA) is 26.0 Å². The second kappa shape index (κ2) is 2.79. The minimum atomic E-state index is 0.786. The molecule has 2 aromatic carbocycles. The highest BCUT2D eigenvalue weighted by Gasteiger charge is 1.99. The number of fused-ring (bicyclic) bond motifs is 1. The summed E-state index contributed by atoms with van der Waals surface area (Å²) in [5, 5.41) is 2.37. The third kappa shape index (κ3) is 1.08. The zero-order valence-corrected chi connectivity index (χ0v) is 8.01. The summed E-state index contributed by atoms with van der Waals surface area (Å²) in [4.78, 5) is 0. The lowest BCUT2D eigenvalue weighted by Crippen LogP contribution is -1.86. The van der Waals surface area contributed by atoms with E-state index < -0.39 is 0 Å². The fourth-order valence-corrected chi connectivity index (χ4v) is 1.74. The molecule has 2 aromatic rings. The molecule has 2 N–H and O–H groups in total. The Morgan fingerprint density at radius 3 is 2.58 bits per heavy atom. The van der Waals surface area contributed by atoms with Gasteiger partial charge in [0.1, 0.15) is 0 Å². The molecule has 12 heavy (non-hydrogen) atoms. The number of benzene rings is 2. The van der Waals surface area contributed by atoms with Crippen molar-refractivity contribution in [2.45, 2.75) is 0 Å². The third-order valence-electron chi connectivity index (χ3n) is 1.89. The first-order valence-electron chi connectivity index (χ1n) is 3.72. The van der Waals surface area contributed by atoms with E-state index in [2.05, 4.69) is 28.1 Å². The van der Waals surface area contributed by atoms with Crippen LogP contribution >= 0.6 is 15.9 Å². The van der Waals surface area contributed by atoms with Crippen molar-refractivity contribution < 1.29 is 0 Å². The molecule has 0 fully saturated rings. The van der Waals surface area contributed by atoms with E-state index in [-0.39, 0.29) is 0 Å². The van der Waals surface area contributed by atoms with Crippen LogP contribution in [0.1, 0.15) is 0 Å². The normalized spacial score (nSPS) is 10.4. The van der Waals surface area contributed by atoms with Gasteiger partial charge in [-0.2, -0.15) is 0 Å². The van der Waals surface area contributed by atoms with E-state index in [1.165, 1.54) is 5.39 Å². The lowest BCUT2D eigenvalue weighted by atomic mass is 10.1. The summed E-state index contributed by atoms with van der Waals surface area (Å²) in [6, 6.07) is 12.1. The molecule has 0 atom stereocenters. The molecular formula is C10H8BrN. The molecule has 0 bridgehead atoms. The zero-order valence-electron chi connectivity index (χ0n) is 6.42. The van der Waals surface area contributed by atoms with Crippen molar-refractivity contribution in [3.8, 4) is 0 Å². The van der Waals surface area contributed by atoms with Crippen LogP contribution in [-0.2, 0) is 0 Å².